The quantitative estimate of drug-likeness (QED) is 0.744. The molecule has 0 radical (unpaired) electrons. The van der Waals surface area contributed by atoms with Gasteiger partial charge in [-0.05, 0) is 57.2 Å². The van der Waals surface area contributed by atoms with Gasteiger partial charge in [-0.3, -0.25) is 4.79 Å². The van der Waals surface area contributed by atoms with E-state index in [1.54, 1.807) is 25.1 Å². The van der Waals surface area contributed by atoms with E-state index in [1.165, 1.54) is 28.5 Å². The number of anilines is 1. The number of hydrogen-bond acceptors (Lipinski definition) is 4. The molecular formula is C21H34N3O4S+. The number of carbonyl (C=O) groups is 1. The van der Waals surface area contributed by atoms with E-state index in [4.69, 9.17) is 4.74 Å². The molecule has 7 nitrogen and oxygen atoms in total. The van der Waals surface area contributed by atoms with Gasteiger partial charge < -0.3 is 15.0 Å². The van der Waals surface area contributed by atoms with Crippen molar-refractivity contribution in [2.75, 3.05) is 44.7 Å². The summed E-state index contributed by atoms with van der Waals surface area (Å²) in [6.45, 7) is 7.30. The number of nitrogens with zero attached hydrogens (tertiary/aromatic N) is 1. The Balaban J connectivity index is 1.72. The van der Waals surface area contributed by atoms with Gasteiger partial charge in [0.25, 0.3) is 5.91 Å². The molecule has 3 rings (SSSR count). The molecular weight excluding hydrogens is 390 g/mol. The lowest BCUT2D eigenvalue weighted by molar-refractivity contribution is -0.914. The molecule has 0 aromatic heterocycles. The molecule has 0 unspecified atom stereocenters. The SMILES string of the molecule is Cc1ccc(NC(=O)[C@H](C)[NH+]2CCCCCCC2)cc1S(=O)(=O)N1CCOCC1. The summed E-state index contributed by atoms with van der Waals surface area (Å²) in [6, 6.07) is 4.97. The van der Waals surface area contributed by atoms with Crippen LogP contribution in [0.3, 0.4) is 0 Å². The Hall–Kier alpha value is -1.48. The summed E-state index contributed by atoms with van der Waals surface area (Å²) < 4.78 is 32.8. The van der Waals surface area contributed by atoms with E-state index < -0.39 is 10.0 Å². The molecule has 0 saturated carbocycles. The average molecular weight is 425 g/mol. The molecule has 0 aliphatic carbocycles. The monoisotopic (exact) mass is 424 g/mol. The standard InChI is InChI=1S/C21H33N3O4S/c1-17-8-9-19(16-20(17)29(26,27)24-12-14-28-15-13-24)22-21(25)18(2)23-10-6-4-3-5-7-11-23/h8-9,16,18H,3-7,10-15H2,1-2H3,(H,22,25)/p+1/t18-/m0/s1. The van der Waals surface area contributed by atoms with Crippen LogP contribution in [-0.2, 0) is 19.6 Å². The fraction of sp³-hybridized carbons (Fsp3) is 0.667. The number of aryl methyl sites for hydroxylation is 1. The third kappa shape index (κ3) is 5.57. The highest BCUT2D eigenvalue weighted by atomic mass is 32.2. The molecule has 2 fully saturated rings. The Morgan fingerprint density at radius 3 is 2.38 bits per heavy atom. The molecule has 162 valence electrons. The van der Waals surface area contributed by atoms with Crippen molar-refractivity contribution in [1.29, 1.82) is 0 Å². The zero-order chi connectivity index (χ0) is 20.9. The van der Waals surface area contributed by atoms with Crippen molar-refractivity contribution in [2.45, 2.75) is 56.9 Å². The van der Waals surface area contributed by atoms with Gasteiger partial charge in [0.1, 0.15) is 0 Å². The number of ether oxygens (including phenoxy) is 1. The highest BCUT2D eigenvalue weighted by molar-refractivity contribution is 7.89. The zero-order valence-corrected chi connectivity index (χ0v) is 18.4. The Kier molecular flexibility index (Phi) is 7.67. The summed E-state index contributed by atoms with van der Waals surface area (Å²) in [4.78, 5) is 14.4. The summed E-state index contributed by atoms with van der Waals surface area (Å²) in [5, 5.41) is 2.95. The average Bonchev–Trinajstić information content (AvgIpc) is 2.69. The Morgan fingerprint density at radius 1 is 1.10 bits per heavy atom. The molecule has 2 heterocycles. The second-order valence-corrected chi connectivity index (χ2v) is 10.0. The van der Waals surface area contributed by atoms with Gasteiger partial charge >= 0.3 is 0 Å². The maximum Gasteiger partial charge on any atom is 0.282 e. The van der Waals surface area contributed by atoms with Gasteiger partial charge in [-0.15, -0.1) is 0 Å². The van der Waals surface area contributed by atoms with Crippen LogP contribution < -0.4 is 10.2 Å². The van der Waals surface area contributed by atoms with Crippen LogP contribution >= 0.6 is 0 Å². The van der Waals surface area contributed by atoms with Crippen molar-refractivity contribution < 1.29 is 22.8 Å². The van der Waals surface area contributed by atoms with Gasteiger partial charge in [-0.25, -0.2) is 8.42 Å². The number of likely N-dealkylation sites (tertiary alicyclic amines) is 1. The lowest BCUT2D eigenvalue weighted by Gasteiger charge is -2.28. The Bertz CT molecular complexity index is 798. The van der Waals surface area contributed by atoms with E-state index in [2.05, 4.69) is 5.32 Å². The van der Waals surface area contributed by atoms with Crippen LogP contribution in [-0.4, -0.2) is 64.1 Å². The minimum absolute atomic E-state index is 0.0563. The number of hydrogen-bond donors (Lipinski definition) is 2. The van der Waals surface area contributed by atoms with Crippen LogP contribution in [0, 0.1) is 6.92 Å². The first kappa shape index (κ1) is 22.2. The van der Waals surface area contributed by atoms with Crippen molar-refractivity contribution in [3.63, 3.8) is 0 Å². The number of quaternary nitrogens is 1. The first-order chi connectivity index (χ1) is 13.9. The maximum atomic E-state index is 13.1. The predicted molar refractivity (Wildman–Crippen MR) is 113 cm³/mol. The Morgan fingerprint density at radius 2 is 1.72 bits per heavy atom. The number of rotatable bonds is 5. The van der Waals surface area contributed by atoms with Crippen LogP contribution in [0.15, 0.2) is 23.1 Å². The first-order valence-corrected chi connectivity index (χ1v) is 12.2. The van der Waals surface area contributed by atoms with E-state index in [9.17, 15) is 13.2 Å². The van der Waals surface area contributed by atoms with E-state index in [0.717, 1.165) is 25.9 Å². The van der Waals surface area contributed by atoms with Crippen molar-refractivity contribution in [3.8, 4) is 0 Å². The molecule has 0 spiro atoms. The molecule has 1 aromatic carbocycles. The fourth-order valence-electron chi connectivity index (χ4n) is 4.11. The number of benzene rings is 1. The number of amides is 1. The largest absolute Gasteiger partial charge is 0.379 e. The van der Waals surface area contributed by atoms with Gasteiger partial charge in [0.15, 0.2) is 6.04 Å². The van der Waals surface area contributed by atoms with Gasteiger partial charge in [-0.1, -0.05) is 12.5 Å². The fourth-order valence-corrected chi connectivity index (χ4v) is 5.77. The lowest BCUT2D eigenvalue weighted by atomic mass is 10.1. The van der Waals surface area contributed by atoms with Crippen molar-refractivity contribution in [3.05, 3.63) is 23.8 Å². The molecule has 0 bridgehead atoms. The molecule has 1 amide bonds. The third-order valence-electron chi connectivity index (χ3n) is 6.04. The van der Waals surface area contributed by atoms with Gasteiger partial charge in [0.2, 0.25) is 10.0 Å². The zero-order valence-electron chi connectivity index (χ0n) is 17.6. The second-order valence-electron chi connectivity index (χ2n) is 8.13. The summed E-state index contributed by atoms with van der Waals surface area (Å²) >= 11 is 0. The highest BCUT2D eigenvalue weighted by Crippen LogP contribution is 2.24. The van der Waals surface area contributed by atoms with E-state index >= 15 is 0 Å². The first-order valence-electron chi connectivity index (χ1n) is 10.7. The second kappa shape index (κ2) is 10.0. The number of carbonyl (C=O) groups excluding carboxylic acids is 1. The smallest absolute Gasteiger partial charge is 0.282 e. The molecule has 2 saturated heterocycles. The van der Waals surface area contributed by atoms with E-state index in [-0.39, 0.29) is 16.8 Å². The molecule has 29 heavy (non-hydrogen) atoms. The van der Waals surface area contributed by atoms with Crippen LogP contribution in [0.25, 0.3) is 0 Å². The summed E-state index contributed by atoms with van der Waals surface area (Å²) in [6.07, 6.45) is 6.06. The molecule has 2 N–H and O–H groups in total. The van der Waals surface area contributed by atoms with Crippen LogP contribution in [0.4, 0.5) is 5.69 Å². The summed E-state index contributed by atoms with van der Waals surface area (Å²) in [5.74, 6) is -0.0563. The highest BCUT2D eigenvalue weighted by Gasteiger charge is 2.29. The van der Waals surface area contributed by atoms with E-state index in [0.29, 0.717) is 37.6 Å². The lowest BCUT2D eigenvalue weighted by Crippen LogP contribution is -3.16. The van der Waals surface area contributed by atoms with Crippen LogP contribution in [0.2, 0.25) is 0 Å². The normalized spacial score (nSPS) is 21.2. The molecule has 2 aliphatic rings. The number of nitrogens with one attached hydrogen (secondary N) is 2. The van der Waals surface area contributed by atoms with Gasteiger partial charge in [-0.2, -0.15) is 4.31 Å². The van der Waals surface area contributed by atoms with Crippen molar-refractivity contribution in [1.82, 2.24) is 4.31 Å². The predicted octanol–water partition coefficient (Wildman–Crippen LogP) is 1.19. The summed E-state index contributed by atoms with van der Waals surface area (Å²) in [5.41, 5.74) is 1.21. The number of morpholine rings is 1. The van der Waals surface area contributed by atoms with Crippen molar-refractivity contribution in [2.24, 2.45) is 0 Å². The van der Waals surface area contributed by atoms with Gasteiger partial charge in [0, 0.05) is 18.8 Å². The minimum Gasteiger partial charge on any atom is -0.379 e. The third-order valence-corrected chi connectivity index (χ3v) is 8.09. The molecule has 8 heteroatoms. The molecule has 1 aromatic rings. The topological polar surface area (TPSA) is 80.2 Å². The van der Waals surface area contributed by atoms with Crippen LogP contribution in [0.1, 0.15) is 44.6 Å². The minimum atomic E-state index is -3.60. The van der Waals surface area contributed by atoms with E-state index in [1.807, 2.05) is 6.92 Å². The molecule has 2 aliphatic heterocycles. The van der Waals surface area contributed by atoms with Gasteiger partial charge in [0.05, 0.1) is 31.2 Å². The number of sulfonamides is 1. The Labute approximate surface area is 174 Å². The van der Waals surface area contributed by atoms with Crippen molar-refractivity contribution >= 4 is 21.6 Å². The maximum absolute atomic E-state index is 13.1. The summed E-state index contributed by atoms with van der Waals surface area (Å²) in [7, 11) is -3.60. The molecule has 1 atom stereocenters. The van der Waals surface area contributed by atoms with Crippen LogP contribution in [0.5, 0.6) is 0 Å².